The Labute approximate surface area is 122 Å². The summed E-state index contributed by atoms with van der Waals surface area (Å²) < 4.78 is 15.5. The molecule has 0 aliphatic carbocycles. The topological polar surface area (TPSA) is 38.0 Å². The molecule has 0 atom stereocenters. The van der Waals surface area contributed by atoms with Crippen LogP contribution in [0.15, 0.2) is 36.4 Å². The molecular weight excluding hydrogens is 267 g/mol. The molecule has 0 amide bonds. The van der Waals surface area contributed by atoms with Crippen LogP contribution in [0.4, 0.5) is 4.39 Å². The van der Waals surface area contributed by atoms with Crippen LogP contribution in [0.3, 0.4) is 0 Å². The van der Waals surface area contributed by atoms with Gasteiger partial charge in [-0.15, -0.1) is 0 Å². The smallest absolute Gasteiger partial charge is 0.141 e. The second-order valence-electron chi connectivity index (χ2n) is 5.22. The van der Waals surface area contributed by atoms with E-state index in [-0.39, 0.29) is 11.6 Å². The zero-order valence-electron chi connectivity index (χ0n) is 12.1. The summed E-state index contributed by atoms with van der Waals surface area (Å²) in [6, 6.07) is 10.1. The zero-order valence-corrected chi connectivity index (χ0v) is 12.1. The van der Waals surface area contributed by atoms with Gasteiger partial charge in [-0.3, -0.25) is 0 Å². The molecule has 3 aromatic rings. The quantitative estimate of drug-likeness (QED) is 0.780. The summed E-state index contributed by atoms with van der Waals surface area (Å²) in [6.45, 7) is 4.77. The molecule has 0 spiro atoms. The molecule has 0 fully saturated rings. The highest BCUT2D eigenvalue weighted by Gasteiger charge is 2.13. The SMILES string of the molecule is CCCn1c(-c2ccc(O)c(C)c2)nc2cc(F)ccc21. The van der Waals surface area contributed by atoms with E-state index in [9.17, 15) is 9.50 Å². The average Bonchev–Trinajstić information content (AvgIpc) is 2.80. The molecular formula is C17H17FN2O. The molecule has 3 nitrogen and oxygen atoms in total. The zero-order chi connectivity index (χ0) is 15.0. The van der Waals surface area contributed by atoms with Gasteiger partial charge in [0, 0.05) is 18.2 Å². The van der Waals surface area contributed by atoms with Crippen molar-refractivity contribution in [2.45, 2.75) is 26.8 Å². The lowest BCUT2D eigenvalue weighted by molar-refractivity contribution is 0.471. The standard InChI is InChI=1S/C17H17FN2O/c1-3-8-20-15-6-5-13(18)10-14(15)19-17(20)12-4-7-16(21)11(2)9-12/h4-7,9-10,21H,3,8H2,1-2H3. The predicted octanol–water partition coefficient (Wildman–Crippen LogP) is 4.27. The van der Waals surface area contributed by atoms with E-state index in [0.29, 0.717) is 5.52 Å². The van der Waals surface area contributed by atoms with Crippen molar-refractivity contribution in [2.75, 3.05) is 0 Å². The summed E-state index contributed by atoms with van der Waals surface area (Å²) in [5, 5.41) is 9.66. The highest BCUT2D eigenvalue weighted by atomic mass is 19.1. The number of hydrogen-bond donors (Lipinski definition) is 1. The van der Waals surface area contributed by atoms with Gasteiger partial charge in [-0.25, -0.2) is 9.37 Å². The van der Waals surface area contributed by atoms with Crippen LogP contribution in [-0.4, -0.2) is 14.7 Å². The number of nitrogens with zero attached hydrogens (tertiary/aromatic N) is 2. The summed E-state index contributed by atoms with van der Waals surface area (Å²) in [6.07, 6.45) is 0.965. The lowest BCUT2D eigenvalue weighted by Crippen LogP contribution is -1.99. The van der Waals surface area contributed by atoms with Crippen LogP contribution in [0.25, 0.3) is 22.4 Å². The minimum atomic E-state index is -0.280. The fourth-order valence-electron chi connectivity index (χ4n) is 2.57. The van der Waals surface area contributed by atoms with Crippen LogP contribution in [0.1, 0.15) is 18.9 Å². The second kappa shape index (κ2) is 5.20. The lowest BCUT2D eigenvalue weighted by atomic mass is 10.1. The van der Waals surface area contributed by atoms with Crippen LogP contribution in [0.2, 0.25) is 0 Å². The molecule has 4 heteroatoms. The summed E-state index contributed by atoms with van der Waals surface area (Å²) in [5.41, 5.74) is 3.31. The molecule has 0 radical (unpaired) electrons. The molecule has 3 rings (SSSR count). The Morgan fingerprint density at radius 3 is 2.71 bits per heavy atom. The van der Waals surface area contributed by atoms with Crippen molar-refractivity contribution in [1.29, 1.82) is 0 Å². The molecule has 108 valence electrons. The van der Waals surface area contributed by atoms with Crippen molar-refractivity contribution in [3.63, 3.8) is 0 Å². The van der Waals surface area contributed by atoms with Crippen molar-refractivity contribution in [2.24, 2.45) is 0 Å². The average molecular weight is 284 g/mol. The molecule has 0 aliphatic rings. The van der Waals surface area contributed by atoms with Gasteiger partial charge in [0.25, 0.3) is 0 Å². The van der Waals surface area contributed by atoms with Crippen molar-refractivity contribution in [3.05, 3.63) is 47.8 Å². The number of benzene rings is 2. The first-order valence-electron chi connectivity index (χ1n) is 7.06. The first-order chi connectivity index (χ1) is 10.1. The first-order valence-corrected chi connectivity index (χ1v) is 7.06. The number of hydrogen-bond acceptors (Lipinski definition) is 2. The van der Waals surface area contributed by atoms with Crippen LogP contribution in [-0.2, 0) is 6.54 Å². The van der Waals surface area contributed by atoms with Crippen molar-refractivity contribution in [3.8, 4) is 17.1 Å². The maximum absolute atomic E-state index is 13.4. The molecule has 1 N–H and O–H groups in total. The van der Waals surface area contributed by atoms with E-state index in [1.165, 1.54) is 12.1 Å². The third-order valence-electron chi connectivity index (χ3n) is 3.61. The maximum Gasteiger partial charge on any atom is 0.141 e. The van der Waals surface area contributed by atoms with E-state index in [0.717, 1.165) is 35.4 Å². The molecule has 21 heavy (non-hydrogen) atoms. The van der Waals surface area contributed by atoms with Gasteiger partial charge in [0.1, 0.15) is 17.4 Å². The Bertz CT molecular complexity index is 808. The van der Waals surface area contributed by atoms with Gasteiger partial charge in [0.15, 0.2) is 0 Å². The summed E-state index contributed by atoms with van der Waals surface area (Å²) in [7, 11) is 0. The van der Waals surface area contributed by atoms with E-state index in [2.05, 4.69) is 16.5 Å². The Morgan fingerprint density at radius 2 is 2.00 bits per heavy atom. The van der Waals surface area contributed by atoms with Crippen molar-refractivity contribution < 1.29 is 9.50 Å². The highest BCUT2D eigenvalue weighted by molar-refractivity contribution is 5.81. The molecule has 2 aromatic carbocycles. The number of aryl methyl sites for hydroxylation is 2. The molecule has 0 aliphatic heterocycles. The van der Waals surface area contributed by atoms with Crippen LogP contribution < -0.4 is 0 Å². The van der Waals surface area contributed by atoms with Gasteiger partial charge in [0.2, 0.25) is 0 Å². The van der Waals surface area contributed by atoms with E-state index >= 15 is 0 Å². The van der Waals surface area contributed by atoms with Gasteiger partial charge in [-0.1, -0.05) is 6.92 Å². The Kier molecular flexibility index (Phi) is 3.37. The summed E-state index contributed by atoms with van der Waals surface area (Å²) >= 11 is 0. The monoisotopic (exact) mass is 284 g/mol. The number of phenolic OH excluding ortho intramolecular Hbond substituents is 1. The minimum Gasteiger partial charge on any atom is -0.508 e. The molecule has 1 heterocycles. The summed E-state index contributed by atoms with van der Waals surface area (Å²) in [5.74, 6) is 0.792. The highest BCUT2D eigenvalue weighted by Crippen LogP contribution is 2.28. The number of phenols is 1. The molecule has 0 saturated heterocycles. The fraction of sp³-hybridized carbons (Fsp3) is 0.235. The summed E-state index contributed by atoms with van der Waals surface area (Å²) in [4.78, 5) is 4.57. The number of rotatable bonds is 3. The van der Waals surface area contributed by atoms with E-state index < -0.39 is 0 Å². The number of imidazole rings is 1. The van der Waals surface area contributed by atoms with Gasteiger partial charge >= 0.3 is 0 Å². The minimum absolute atomic E-state index is 0.267. The Hall–Kier alpha value is -2.36. The normalized spacial score (nSPS) is 11.2. The number of fused-ring (bicyclic) bond motifs is 1. The van der Waals surface area contributed by atoms with Gasteiger partial charge in [0.05, 0.1) is 11.0 Å². The maximum atomic E-state index is 13.4. The number of aromatic nitrogens is 2. The van der Waals surface area contributed by atoms with E-state index in [1.54, 1.807) is 12.1 Å². The van der Waals surface area contributed by atoms with E-state index in [4.69, 9.17) is 0 Å². The molecule has 0 bridgehead atoms. The number of halogens is 1. The molecule has 0 saturated carbocycles. The predicted molar refractivity (Wildman–Crippen MR) is 81.8 cm³/mol. The Morgan fingerprint density at radius 1 is 1.19 bits per heavy atom. The van der Waals surface area contributed by atoms with Gasteiger partial charge in [-0.2, -0.15) is 0 Å². The van der Waals surface area contributed by atoms with Gasteiger partial charge in [-0.05, 0) is 49.2 Å². The van der Waals surface area contributed by atoms with E-state index in [1.807, 2.05) is 19.1 Å². The van der Waals surface area contributed by atoms with Crippen molar-refractivity contribution >= 4 is 11.0 Å². The third-order valence-corrected chi connectivity index (χ3v) is 3.61. The van der Waals surface area contributed by atoms with Crippen LogP contribution in [0.5, 0.6) is 5.75 Å². The number of aromatic hydroxyl groups is 1. The second-order valence-corrected chi connectivity index (χ2v) is 5.22. The first kappa shape index (κ1) is 13.6. The molecule has 1 aromatic heterocycles. The van der Waals surface area contributed by atoms with Crippen LogP contribution in [0, 0.1) is 12.7 Å². The Balaban J connectivity index is 2.24. The largest absolute Gasteiger partial charge is 0.508 e. The van der Waals surface area contributed by atoms with Crippen molar-refractivity contribution in [1.82, 2.24) is 9.55 Å². The fourth-order valence-corrected chi connectivity index (χ4v) is 2.57. The lowest BCUT2D eigenvalue weighted by Gasteiger charge is -2.09. The third kappa shape index (κ3) is 2.37. The molecule has 0 unspecified atom stereocenters. The van der Waals surface area contributed by atoms with Crippen LogP contribution >= 0.6 is 0 Å². The van der Waals surface area contributed by atoms with Gasteiger partial charge < -0.3 is 9.67 Å².